The van der Waals surface area contributed by atoms with Gasteiger partial charge in [0.1, 0.15) is 0 Å². The summed E-state index contributed by atoms with van der Waals surface area (Å²) in [5.41, 5.74) is 11.1. The van der Waals surface area contributed by atoms with Crippen LogP contribution in [0.5, 0.6) is 0 Å². The monoisotopic (exact) mass is 650 g/mol. The van der Waals surface area contributed by atoms with Crippen LogP contribution >= 0.6 is 15.9 Å². The standard InChI is InChI=1S/C40H27BrO2S/c1-39(2)30-15-7-6-14-28(30)37-34(39)21-22-35-38(37)44(42,43)36-18-10-9-17-33(36)40(35)31-16-8-5-13-27(31)25-11-3-4-12-26(25)29-23-24(41)19-20-32(29)40/h3-23H,1-2H3. The van der Waals surface area contributed by atoms with Crippen molar-refractivity contribution in [2.75, 3.05) is 0 Å². The van der Waals surface area contributed by atoms with Crippen LogP contribution in [-0.2, 0) is 20.7 Å². The Balaban J connectivity index is 1.57. The first kappa shape index (κ1) is 26.2. The van der Waals surface area contributed by atoms with Crippen LogP contribution in [0.2, 0.25) is 0 Å². The first-order chi connectivity index (χ1) is 21.3. The maximum absolute atomic E-state index is 15.1. The summed E-state index contributed by atoms with van der Waals surface area (Å²) in [4.78, 5) is 0.805. The van der Waals surface area contributed by atoms with Gasteiger partial charge in [0, 0.05) is 15.5 Å². The van der Waals surface area contributed by atoms with Crippen LogP contribution in [0, 0.1) is 0 Å². The number of hydrogen-bond acceptors (Lipinski definition) is 2. The quantitative estimate of drug-likeness (QED) is 0.164. The van der Waals surface area contributed by atoms with Crippen LogP contribution in [0.4, 0.5) is 0 Å². The van der Waals surface area contributed by atoms with Gasteiger partial charge in [0.15, 0.2) is 0 Å². The predicted molar refractivity (Wildman–Crippen MR) is 180 cm³/mol. The van der Waals surface area contributed by atoms with E-state index in [1.54, 1.807) is 6.07 Å². The Morgan fingerprint density at radius 3 is 1.77 bits per heavy atom. The van der Waals surface area contributed by atoms with Gasteiger partial charge in [-0.2, -0.15) is 0 Å². The molecule has 0 N–H and O–H groups in total. The highest BCUT2D eigenvalue weighted by Gasteiger charge is 2.54. The second kappa shape index (κ2) is 8.68. The van der Waals surface area contributed by atoms with E-state index in [9.17, 15) is 0 Å². The van der Waals surface area contributed by atoms with Gasteiger partial charge in [0.05, 0.1) is 15.2 Å². The van der Waals surface area contributed by atoms with Gasteiger partial charge >= 0.3 is 0 Å². The molecule has 0 saturated heterocycles. The maximum atomic E-state index is 15.1. The van der Waals surface area contributed by atoms with Gasteiger partial charge in [-0.15, -0.1) is 0 Å². The summed E-state index contributed by atoms with van der Waals surface area (Å²) in [6.07, 6.45) is 0. The Morgan fingerprint density at radius 2 is 1.02 bits per heavy atom. The molecule has 44 heavy (non-hydrogen) atoms. The minimum atomic E-state index is -3.90. The van der Waals surface area contributed by atoms with Crippen molar-refractivity contribution in [1.82, 2.24) is 0 Å². The number of benzene rings is 6. The molecule has 1 aliphatic heterocycles. The molecule has 0 radical (unpaired) electrons. The van der Waals surface area contributed by atoms with Crippen molar-refractivity contribution in [3.63, 3.8) is 0 Å². The molecule has 1 atom stereocenters. The summed E-state index contributed by atoms with van der Waals surface area (Å²) in [7, 11) is -3.90. The average Bonchev–Trinajstić information content (AvgIpc) is 3.21. The van der Waals surface area contributed by atoms with Crippen molar-refractivity contribution in [2.45, 2.75) is 34.5 Å². The molecule has 0 fully saturated rings. The van der Waals surface area contributed by atoms with Crippen LogP contribution in [0.1, 0.15) is 47.2 Å². The normalized spacial score (nSPS) is 19.0. The molecule has 0 bridgehead atoms. The molecule has 1 spiro atoms. The highest BCUT2D eigenvalue weighted by atomic mass is 79.9. The molecule has 1 heterocycles. The molecule has 3 aliphatic rings. The van der Waals surface area contributed by atoms with Crippen molar-refractivity contribution in [1.29, 1.82) is 0 Å². The minimum Gasteiger partial charge on any atom is -0.218 e. The first-order valence-electron chi connectivity index (χ1n) is 14.9. The first-order valence-corrected chi connectivity index (χ1v) is 17.2. The van der Waals surface area contributed by atoms with E-state index >= 15 is 8.42 Å². The molecular weight excluding hydrogens is 624 g/mol. The smallest absolute Gasteiger partial charge is 0.207 e. The van der Waals surface area contributed by atoms with E-state index in [4.69, 9.17) is 0 Å². The van der Waals surface area contributed by atoms with Gasteiger partial charge < -0.3 is 0 Å². The molecule has 2 aliphatic carbocycles. The molecule has 4 heteroatoms. The van der Waals surface area contributed by atoms with Gasteiger partial charge in [-0.25, -0.2) is 8.42 Å². The van der Waals surface area contributed by atoms with Crippen molar-refractivity contribution in [3.05, 3.63) is 165 Å². The second-order valence-electron chi connectivity index (χ2n) is 12.6. The SMILES string of the molecule is CC1(C)c2ccccc2-c2c1ccc1c2S(=O)(=O)c2ccccc2C12c1ccccc1-c1ccccc1-c1cc(Br)ccc12. The molecule has 212 valence electrons. The Labute approximate surface area is 266 Å². The number of hydrogen-bond donors (Lipinski definition) is 0. The van der Waals surface area contributed by atoms with Crippen molar-refractivity contribution < 1.29 is 8.42 Å². The Morgan fingerprint density at radius 1 is 0.500 bits per heavy atom. The van der Waals surface area contributed by atoms with E-state index < -0.39 is 15.3 Å². The molecule has 0 saturated carbocycles. The van der Waals surface area contributed by atoms with E-state index in [1.165, 1.54) is 0 Å². The molecule has 0 amide bonds. The van der Waals surface area contributed by atoms with Crippen LogP contribution in [0.15, 0.2) is 142 Å². The summed E-state index contributed by atoms with van der Waals surface area (Å²) in [5.74, 6) is 0. The molecule has 0 aromatic heterocycles. The van der Waals surface area contributed by atoms with Gasteiger partial charge in [-0.05, 0) is 79.4 Å². The Bertz CT molecular complexity index is 2350. The molecule has 2 nitrogen and oxygen atoms in total. The van der Waals surface area contributed by atoms with Crippen LogP contribution in [0.3, 0.4) is 0 Å². The fourth-order valence-electron chi connectivity index (χ4n) is 8.39. The number of halogens is 1. The third-order valence-corrected chi connectivity index (χ3v) is 12.6. The summed E-state index contributed by atoms with van der Waals surface area (Å²) in [6, 6.07) is 43.9. The third kappa shape index (κ3) is 3.03. The summed E-state index contributed by atoms with van der Waals surface area (Å²) < 4.78 is 31.1. The van der Waals surface area contributed by atoms with Gasteiger partial charge in [0.2, 0.25) is 9.84 Å². The van der Waals surface area contributed by atoms with Crippen molar-refractivity contribution in [3.8, 4) is 33.4 Å². The molecule has 1 unspecified atom stereocenters. The number of rotatable bonds is 0. The average molecular weight is 652 g/mol. The lowest BCUT2D eigenvalue weighted by molar-refractivity contribution is 0.579. The lowest BCUT2D eigenvalue weighted by Crippen LogP contribution is -2.38. The van der Waals surface area contributed by atoms with Crippen LogP contribution in [0.25, 0.3) is 33.4 Å². The van der Waals surface area contributed by atoms with Crippen LogP contribution in [-0.4, -0.2) is 8.42 Å². The zero-order valence-corrected chi connectivity index (χ0v) is 26.6. The van der Waals surface area contributed by atoms with Gasteiger partial charge in [0.25, 0.3) is 0 Å². The third-order valence-electron chi connectivity index (χ3n) is 10.2. The summed E-state index contributed by atoms with van der Waals surface area (Å²) >= 11 is 3.77. The summed E-state index contributed by atoms with van der Waals surface area (Å²) in [5, 5.41) is 0. The van der Waals surface area contributed by atoms with Crippen molar-refractivity contribution in [2.24, 2.45) is 0 Å². The Hall–Kier alpha value is -4.25. The summed E-state index contributed by atoms with van der Waals surface area (Å²) in [6.45, 7) is 4.40. The largest absolute Gasteiger partial charge is 0.218 e. The fraction of sp³-hybridized carbons (Fsp3) is 0.100. The molecular formula is C40H27BrO2S. The maximum Gasteiger partial charge on any atom is 0.207 e. The lowest BCUT2D eigenvalue weighted by atomic mass is 9.62. The van der Waals surface area contributed by atoms with E-state index in [0.29, 0.717) is 9.79 Å². The highest BCUT2D eigenvalue weighted by molar-refractivity contribution is 9.10. The zero-order valence-electron chi connectivity index (χ0n) is 24.2. The number of fused-ring (bicyclic) bond motifs is 15. The zero-order chi connectivity index (χ0) is 30.0. The lowest BCUT2D eigenvalue weighted by Gasteiger charge is -2.43. The van der Waals surface area contributed by atoms with E-state index in [2.05, 4.69) is 127 Å². The molecule has 6 aromatic carbocycles. The highest BCUT2D eigenvalue weighted by Crippen LogP contribution is 2.63. The van der Waals surface area contributed by atoms with Gasteiger partial charge in [-0.1, -0.05) is 139 Å². The van der Waals surface area contributed by atoms with E-state index in [0.717, 1.165) is 71.2 Å². The van der Waals surface area contributed by atoms with Crippen LogP contribution < -0.4 is 0 Å². The predicted octanol–water partition coefficient (Wildman–Crippen LogP) is 9.93. The van der Waals surface area contributed by atoms with E-state index in [-0.39, 0.29) is 5.41 Å². The fourth-order valence-corrected chi connectivity index (χ4v) is 10.7. The molecule has 6 aromatic rings. The topological polar surface area (TPSA) is 34.1 Å². The van der Waals surface area contributed by atoms with E-state index in [1.807, 2.05) is 24.3 Å². The Kier molecular flexibility index (Phi) is 5.17. The molecule has 9 rings (SSSR count). The second-order valence-corrected chi connectivity index (χ2v) is 15.3. The van der Waals surface area contributed by atoms with Crippen molar-refractivity contribution >= 4 is 25.8 Å². The number of sulfone groups is 1. The minimum absolute atomic E-state index is 0.332. The van der Waals surface area contributed by atoms with Gasteiger partial charge in [-0.3, -0.25) is 0 Å².